The third-order valence-corrected chi connectivity index (χ3v) is 3.83. The van der Waals surface area contributed by atoms with Crippen molar-refractivity contribution in [3.05, 3.63) is 95.6 Å². The first kappa shape index (κ1) is 19.2. The van der Waals surface area contributed by atoms with Crippen LogP contribution in [0, 0.1) is 0 Å². The highest BCUT2D eigenvalue weighted by Crippen LogP contribution is 2.29. The molecule has 1 unspecified atom stereocenters. The number of hydrogen-bond acceptors (Lipinski definition) is 5. The number of nitrogens with zero attached hydrogens (tertiary/aromatic N) is 3. The maximum absolute atomic E-state index is 12.9. The van der Waals surface area contributed by atoms with E-state index in [-0.39, 0.29) is 0 Å². The lowest BCUT2D eigenvalue weighted by molar-refractivity contribution is -0.307. The molecular formula is C20H13F3N3O2-. The Hall–Kier alpha value is -3.55. The number of carbonyl (C=O) groups is 1. The van der Waals surface area contributed by atoms with Gasteiger partial charge in [0.1, 0.15) is 18.1 Å². The number of aromatic nitrogens is 2. The van der Waals surface area contributed by atoms with Crippen molar-refractivity contribution in [1.82, 2.24) is 9.97 Å². The van der Waals surface area contributed by atoms with Crippen LogP contribution in [-0.4, -0.2) is 21.6 Å². The summed E-state index contributed by atoms with van der Waals surface area (Å²) < 4.78 is 38.8. The second kappa shape index (κ2) is 7.99. The number of rotatable bonds is 5. The van der Waals surface area contributed by atoms with Crippen LogP contribution in [0.1, 0.15) is 28.6 Å². The lowest BCUT2D eigenvalue weighted by Gasteiger charge is -2.17. The van der Waals surface area contributed by atoms with Crippen LogP contribution in [0.25, 0.3) is 0 Å². The quantitative estimate of drug-likeness (QED) is 0.634. The van der Waals surface area contributed by atoms with E-state index in [0.717, 1.165) is 0 Å². The van der Waals surface area contributed by atoms with E-state index in [1.54, 1.807) is 60.7 Å². The predicted molar refractivity (Wildman–Crippen MR) is 93.3 cm³/mol. The van der Waals surface area contributed by atoms with Crippen LogP contribution in [0.5, 0.6) is 0 Å². The molecule has 0 saturated carbocycles. The standard InChI is InChI=1S/C20H14F3N3O2/c21-20(22,23)16-11-15(24-12-25-16)18(19(27)28)26-17(13-7-3-1-4-8-13)14-9-5-2-6-10-14/h1-12,18H,(H,27,28)/p-1. The normalized spacial score (nSPS) is 12.2. The Morgan fingerprint density at radius 2 is 1.46 bits per heavy atom. The summed E-state index contributed by atoms with van der Waals surface area (Å²) in [6, 6.07) is 16.3. The number of benzene rings is 2. The second-order valence-electron chi connectivity index (χ2n) is 5.76. The van der Waals surface area contributed by atoms with Gasteiger partial charge < -0.3 is 9.90 Å². The Morgan fingerprint density at radius 3 is 1.93 bits per heavy atom. The molecule has 0 aliphatic heterocycles. The zero-order chi connectivity index (χ0) is 20.1. The van der Waals surface area contributed by atoms with Gasteiger partial charge in [-0.3, -0.25) is 4.99 Å². The van der Waals surface area contributed by atoms with Crippen molar-refractivity contribution in [3.8, 4) is 0 Å². The van der Waals surface area contributed by atoms with Crippen LogP contribution in [-0.2, 0) is 11.0 Å². The van der Waals surface area contributed by atoms with E-state index in [9.17, 15) is 23.1 Å². The third-order valence-electron chi connectivity index (χ3n) is 3.83. The van der Waals surface area contributed by atoms with Gasteiger partial charge >= 0.3 is 6.18 Å². The number of aliphatic carboxylic acids is 1. The molecule has 0 N–H and O–H groups in total. The van der Waals surface area contributed by atoms with Gasteiger partial charge in [0, 0.05) is 11.1 Å². The molecule has 142 valence electrons. The summed E-state index contributed by atoms with van der Waals surface area (Å²) >= 11 is 0. The summed E-state index contributed by atoms with van der Waals surface area (Å²) in [6.45, 7) is 0. The van der Waals surface area contributed by atoms with Gasteiger partial charge in [0.05, 0.1) is 17.4 Å². The second-order valence-corrected chi connectivity index (χ2v) is 5.76. The van der Waals surface area contributed by atoms with E-state index in [2.05, 4.69) is 15.0 Å². The fraction of sp³-hybridized carbons (Fsp3) is 0.100. The third kappa shape index (κ3) is 4.40. The molecule has 3 rings (SSSR count). The largest absolute Gasteiger partial charge is 0.547 e. The first-order valence-corrected chi connectivity index (χ1v) is 8.15. The van der Waals surface area contributed by atoms with Gasteiger partial charge in [0.15, 0.2) is 0 Å². The molecule has 0 radical (unpaired) electrons. The summed E-state index contributed by atoms with van der Waals surface area (Å²) in [5.74, 6) is -1.67. The smallest absolute Gasteiger partial charge is 0.433 e. The number of carbonyl (C=O) groups excluding carboxylic acids is 1. The molecule has 5 nitrogen and oxygen atoms in total. The van der Waals surface area contributed by atoms with Gasteiger partial charge in [-0.05, 0) is 6.07 Å². The highest BCUT2D eigenvalue weighted by molar-refractivity contribution is 6.13. The van der Waals surface area contributed by atoms with Crippen molar-refractivity contribution in [2.75, 3.05) is 0 Å². The molecule has 8 heteroatoms. The van der Waals surface area contributed by atoms with Crippen molar-refractivity contribution in [2.45, 2.75) is 12.2 Å². The Bertz CT molecular complexity index is 949. The zero-order valence-electron chi connectivity index (χ0n) is 14.3. The monoisotopic (exact) mass is 384 g/mol. The van der Waals surface area contributed by atoms with Gasteiger partial charge in [-0.25, -0.2) is 9.97 Å². The number of hydrogen-bond donors (Lipinski definition) is 0. The Labute approximate surface area is 158 Å². The molecule has 0 bridgehead atoms. The molecule has 2 aromatic carbocycles. The molecule has 0 fully saturated rings. The maximum Gasteiger partial charge on any atom is 0.433 e. The van der Waals surface area contributed by atoms with Gasteiger partial charge in [-0.1, -0.05) is 60.7 Å². The maximum atomic E-state index is 12.9. The van der Waals surface area contributed by atoms with Crippen molar-refractivity contribution in [1.29, 1.82) is 0 Å². The number of carboxylic acid groups (broad SMARTS) is 1. The molecule has 0 spiro atoms. The summed E-state index contributed by atoms with van der Waals surface area (Å²) in [5.41, 5.74) is -0.163. The molecule has 28 heavy (non-hydrogen) atoms. The first-order valence-electron chi connectivity index (χ1n) is 8.15. The van der Waals surface area contributed by atoms with E-state index < -0.39 is 29.6 Å². The van der Waals surface area contributed by atoms with Gasteiger partial charge in [-0.2, -0.15) is 13.2 Å². The first-order chi connectivity index (χ1) is 13.4. The number of halogens is 3. The molecule has 0 saturated heterocycles. The van der Waals surface area contributed by atoms with E-state index >= 15 is 0 Å². The Morgan fingerprint density at radius 1 is 0.929 bits per heavy atom. The van der Waals surface area contributed by atoms with Crippen molar-refractivity contribution in [3.63, 3.8) is 0 Å². The topological polar surface area (TPSA) is 78.3 Å². The predicted octanol–water partition coefficient (Wildman–Crippen LogP) is 2.82. The van der Waals surface area contributed by atoms with E-state index in [4.69, 9.17) is 0 Å². The summed E-state index contributed by atoms with van der Waals surface area (Å²) in [6.07, 6.45) is -4.08. The highest BCUT2D eigenvalue weighted by atomic mass is 19.4. The van der Waals surface area contributed by atoms with Crippen LogP contribution in [0.4, 0.5) is 13.2 Å². The highest BCUT2D eigenvalue weighted by Gasteiger charge is 2.33. The van der Waals surface area contributed by atoms with Crippen molar-refractivity contribution < 1.29 is 23.1 Å². The van der Waals surface area contributed by atoms with Gasteiger partial charge in [0.25, 0.3) is 0 Å². The van der Waals surface area contributed by atoms with Crippen LogP contribution in [0.2, 0.25) is 0 Å². The minimum absolute atomic E-state index is 0.294. The summed E-state index contributed by atoms with van der Waals surface area (Å²) in [5, 5.41) is 11.7. The fourth-order valence-corrected chi connectivity index (χ4v) is 2.55. The molecule has 0 aliphatic rings. The molecule has 0 aliphatic carbocycles. The van der Waals surface area contributed by atoms with Gasteiger partial charge in [-0.15, -0.1) is 0 Å². The number of carboxylic acids is 1. The van der Waals surface area contributed by atoms with E-state index in [0.29, 0.717) is 29.2 Å². The summed E-state index contributed by atoms with van der Waals surface area (Å²) in [4.78, 5) is 22.7. The number of aliphatic imine (C=N–C) groups is 1. The molecule has 1 aromatic heterocycles. The van der Waals surface area contributed by atoms with Crippen LogP contribution in [0.15, 0.2) is 78.0 Å². The molecule has 3 aromatic rings. The molecule has 1 atom stereocenters. The van der Waals surface area contributed by atoms with Crippen molar-refractivity contribution in [2.24, 2.45) is 4.99 Å². The van der Waals surface area contributed by atoms with Crippen LogP contribution >= 0.6 is 0 Å². The Kier molecular flexibility index (Phi) is 5.49. The zero-order valence-corrected chi connectivity index (χ0v) is 14.3. The van der Waals surface area contributed by atoms with Gasteiger partial charge in [0.2, 0.25) is 0 Å². The molecular weight excluding hydrogens is 371 g/mol. The van der Waals surface area contributed by atoms with Crippen molar-refractivity contribution >= 4 is 11.7 Å². The fourth-order valence-electron chi connectivity index (χ4n) is 2.55. The average Bonchev–Trinajstić information content (AvgIpc) is 2.69. The Balaban J connectivity index is 2.14. The minimum atomic E-state index is -4.74. The lowest BCUT2D eigenvalue weighted by atomic mass is 10.0. The number of alkyl halides is 3. The van der Waals surface area contributed by atoms with E-state index in [1.165, 1.54) is 0 Å². The SMILES string of the molecule is O=C([O-])C(N=C(c1ccccc1)c1ccccc1)c1cc(C(F)(F)F)ncn1. The van der Waals surface area contributed by atoms with E-state index in [1.807, 2.05) is 0 Å². The molecule has 0 amide bonds. The average molecular weight is 384 g/mol. The summed E-state index contributed by atoms with van der Waals surface area (Å²) in [7, 11) is 0. The van der Waals surface area contributed by atoms with Crippen LogP contribution in [0.3, 0.4) is 0 Å². The van der Waals surface area contributed by atoms with Crippen LogP contribution < -0.4 is 5.11 Å². The lowest BCUT2D eigenvalue weighted by Crippen LogP contribution is -2.30. The molecule has 1 heterocycles. The minimum Gasteiger partial charge on any atom is -0.547 e.